The van der Waals surface area contributed by atoms with Crippen molar-refractivity contribution in [3.63, 3.8) is 0 Å². The smallest absolute Gasteiger partial charge is 0.323 e. The van der Waals surface area contributed by atoms with Crippen LogP contribution in [0.15, 0.2) is 60.7 Å². The Balaban J connectivity index is 2.07. The maximum Gasteiger partial charge on any atom is 0.323 e. The molecule has 3 rings (SSSR count). The monoisotopic (exact) mass is 326 g/mol. The van der Waals surface area contributed by atoms with Crippen LogP contribution >= 0.6 is 0 Å². The number of rotatable bonds is 4. The summed E-state index contributed by atoms with van der Waals surface area (Å²) in [6.07, 6.45) is 0. The van der Waals surface area contributed by atoms with Crippen LogP contribution in [-0.2, 0) is 9.53 Å². The molecule has 0 aliphatic carbocycles. The molecule has 1 fully saturated rings. The number of benzene rings is 2. The lowest BCUT2D eigenvalue weighted by Crippen LogP contribution is -2.37. The third-order valence-corrected chi connectivity index (χ3v) is 4.47. The Kier molecular flexibility index (Phi) is 4.57. The van der Waals surface area contributed by atoms with Crippen molar-refractivity contribution < 1.29 is 14.5 Å². The summed E-state index contributed by atoms with van der Waals surface area (Å²) in [4.78, 5) is 23.8. The van der Waals surface area contributed by atoms with E-state index >= 15 is 0 Å². The molecule has 0 aromatic heterocycles. The van der Waals surface area contributed by atoms with Gasteiger partial charge in [0.05, 0.1) is 13.0 Å². The van der Waals surface area contributed by atoms with Crippen LogP contribution in [-0.4, -0.2) is 30.1 Å². The molecule has 24 heavy (non-hydrogen) atoms. The molecule has 0 saturated carbocycles. The second-order valence-electron chi connectivity index (χ2n) is 5.77. The maximum atomic E-state index is 12.2. The average molecular weight is 326 g/mol. The topological polar surface area (TPSA) is 81.5 Å². The normalized spacial score (nSPS) is 26.0. The molecule has 0 spiro atoms. The molecule has 1 saturated heterocycles. The summed E-state index contributed by atoms with van der Waals surface area (Å²) in [6, 6.07) is 16.0. The number of nitrogens with zero attached hydrogens (tertiary/aromatic N) is 1. The summed E-state index contributed by atoms with van der Waals surface area (Å²) in [5.41, 5.74) is 1.53. The summed E-state index contributed by atoms with van der Waals surface area (Å²) < 4.78 is 4.87. The Bertz CT molecular complexity index is 720. The molecule has 1 aliphatic heterocycles. The first-order valence-corrected chi connectivity index (χ1v) is 7.70. The first-order chi connectivity index (χ1) is 11.6. The summed E-state index contributed by atoms with van der Waals surface area (Å²) >= 11 is 0. The van der Waals surface area contributed by atoms with Crippen LogP contribution in [0, 0.1) is 10.1 Å². The Hall–Kier alpha value is -2.73. The van der Waals surface area contributed by atoms with Crippen molar-refractivity contribution in [3.05, 3.63) is 81.9 Å². The van der Waals surface area contributed by atoms with E-state index < -0.39 is 30.0 Å². The zero-order valence-corrected chi connectivity index (χ0v) is 13.2. The van der Waals surface area contributed by atoms with Gasteiger partial charge in [-0.2, -0.15) is 0 Å². The number of methoxy groups -OCH3 is 1. The van der Waals surface area contributed by atoms with Crippen molar-refractivity contribution in [1.29, 1.82) is 0 Å². The highest BCUT2D eigenvalue weighted by Gasteiger charge is 2.54. The summed E-state index contributed by atoms with van der Waals surface area (Å²) in [5, 5.41) is 15.0. The van der Waals surface area contributed by atoms with Gasteiger partial charge in [0.2, 0.25) is 6.04 Å². The van der Waals surface area contributed by atoms with Crippen molar-refractivity contribution in [2.24, 2.45) is 0 Å². The lowest BCUT2D eigenvalue weighted by atomic mass is 9.85. The molecule has 0 radical (unpaired) electrons. The highest BCUT2D eigenvalue weighted by molar-refractivity contribution is 5.78. The number of ether oxygens (including phenoxy) is 1. The van der Waals surface area contributed by atoms with Crippen LogP contribution in [0.2, 0.25) is 0 Å². The third kappa shape index (κ3) is 2.88. The Labute approximate surface area is 139 Å². The van der Waals surface area contributed by atoms with Crippen molar-refractivity contribution in [2.45, 2.75) is 24.0 Å². The van der Waals surface area contributed by atoms with E-state index in [2.05, 4.69) is 5.32 Å². The fourth-order valence-electron chi connectivity index (χ4n) is 3.41. The lowest BCUT2D eigenvalue weighted by Gasteiger charge is -2.19. The molecule has 6 nitrogen and oxygen atoms in total. The summed E-state index contributed by atoms with van der Waals surface area (Å²) in [6.45, 7) is 0. The van der Waals surface area contributed by atoms with Crippen molar-refractivity contribution >= 4 is 5.97 Å². The lowest BCUT2D eigenvalue weighted by molar-refractivity contribution is -0.527. The van der Waals surface area contributed by atoms with Gasteiger partial charge in [-0.05, 0) is 11.1 Å². The zero-order valence-electron chi connectivity index (χ0n) is 13.2. The molecule has 1 N–H and O–H groups in total. The van der Waals surface area contributed by atoms with E-state index in [1.54, 1.807) is 0 Å². The quantitative estimate of drug-likeness (QED) is 0.530. The number of carbonyl (C=O) groups is 1. The molecule has 0 unspecified atom stereocenters. The van der Waals surface area contributed by atoms with Crippen molar-refractivity contribution in [1.82, 2.24) is 5.32 Å². The van der Waals surface area contributed by atoms with Crippen LogP contribution in [0.5, 0.6) is 0 Å². The summed E-state index contributed by atoms with van der Waals surface area (Å²) in [5.74, 6) is -1.09. The molecule has 0 amide bonds. The van der Waals surface area contributed by atoms with E-state index in [1.807, 2.05) is 60.7 Å². The van der Waals surface area contributed by atoms with Gasteiger partial charge in [-0.1, -0.05) is 60.7 Å². The van der Waals surface area contributed by atoms with Gasteiger partial charge in [0, 0.05) is 4.92 Å². The second kappa shape index (κ2) is 6.80. The van der Waals surface area contributed by atoms with Crippen LogP contribution in [0.1, 0.15) is 23.1 Å². The van der Waals surface area contributed by atoms with Crippen molar-refractivity contribution in [2.75, 3.05) is 7.11 Å². The van der Waals surface area contributed by atoms with E-state index in [1.165, 1.54) is 7.11 Å². The number of nitro groups is 1. The first kappa shape index (κ1) is 16.1. The highest BCUT2D eigenvalue weighted by Crippen LogP contribution is 2.40. The van der Waals surface area contributed by atoms with Gasteiger partial charge in [-0.25, -0.2) is 0 Å². The molecule has 124 valence electrons. The Morgan fingerprint density at radius 2 is 1.58 bits per heavy atom. The molecule has 0 bridgehead atoms. The van der Waals surface area contributed by atoms with Gasteiger partial charge >= 0.3 is 5.97 Å². The van der Waals surface area contributed by atoms with Crippen LogP contribution in [0.4, 0.5) is 0 Å². The van der Waals surface area contributed by atoms with Gasteiger partial charge in [0.1, 0.15) is 12.1 Å². The minimum atomic E-state index is -0.959. The number of hydrogen-bond donors (Lipinski definition) is 1. The third-order valence-electron chi connectivity index (χ3n) is 4.47. The number of carbonyl (C=O) groups excluding carboxylic acids is 1. The largest absolute Gasteiger partial charge is 0.468 e. The number of nitrogens with one attached hydrogen (secondary N) is 1. The molecule has 6 heteroatoms. The van der Waals surface area contributed by atoms with E-state index in [0.29, 0.717) is 0 Å². The van der Waals surface area contributed by atoms with Gasteiger partial charge in [0.25, 0.3) is 0 Å². The molecular formula is C18H18N2O4. The minimum Gasteiger partial charge on any atom is -0.468 e. The maximum absolute atomic E-state index is 12.2. The average Bonchev–Trinajstić information content (AvgIpc) is 3.03. The minimum absolute atomic E-state index is 0.300. The van der Waals surface area contributed by atoms with Crippen LogP contribution in [0.3, 0.4) is 0 Å². The van der Waals surface area contributed by atoms with E-state index in [4.69, 9.17) is 4.74 Å². The molecule has 1 heterocycles. The predicted molar refractivity (Wildman–Crippen MR) is 88.1 cm³/mol. The Morgan fingerprint density at radius 1 is 1.04 bits per heavy atom. The Morgan fingerprint density at radius 3 is 2.08 bits per heavy atom. The first-order valence-electron chi connectivity index (χ1n) is 7.70. The molecule has 2 aromatic carbocycles. The highest BCUT2D eigenvalue weighted by atomic mass is 16.6. The van der Waals surface area contributed by atoms with Gasteiger partial charge in [-0.15, -0.1) is 0 Å². The SMILES string of the molecule is COC(=O)[C@@H]1N[C@@H](c2ccccc2)[C@@H]([N+](=O)[O-])[C@@H]1c1ccccc1. The van der Waals surface area contributed by atoms with E-state index in [0.717, 1.165) is 11.1 Å². The fourth-order valence-corrected chi connectivity index (χ4v) is 3.41. The van der Waals surface area contributed by atoms with Gasteiger partial charge in [-0.3, -0.25) is 20.2 Å². The van der Waals surface area contributed by atoms with Gasteiger partial charge < -0.3 is 4.74 Å². The number of hydrogen-bond acceptors (Lipinski definition) is 5. The molecule has 4 atom stereocenters. The predicted octanol–water partition coefficient (Wildman–Crippen LogP) is 2.30. The van der Waals surface area contributed by atoms with Gasteiger partial charge in [0.15, 0.2) is 0 Å². The fraction of sp³-hybridized carbons (Fsp3) is 0.278. The standard InChI is InChI=1S/C18H18N2O4/c1-24-18(21)16-14(12-8-4-2-5-9-12)17(20(22)23)15(19-16)13-10-6-3-7-11-13/h2-11,14-17,19H,1H3/t14-,15+,16-,17+/m1/s1. The zero-order chi connectivity index (χ0) is 17.1. The number of esters is 1. The summed E-state index contributed by atoms with van der Waals surface area (Å²) in [7, 11) is 1.29. The van der Waals surface area contributed by atoms with E-state index in [9.17, 15) is 14.9 Å². The molecule has 2 aromatic rings. The van der Waals surface area contributed by atoms with Crippen LogP contribution in [0.25, 0.3) is 0 Å². The van der Waals surface area contributed by atoms with Crippen molar-refractivity contribution in [3.8, 4) is 0 Å². The molecule has 1 aliphatic rings. The molecular weight excluding hydrogens is 308 g/mol. The van der Waals surface area contributed by atoms with E-state index in [-0.39, 0.29) is 4.92 Å². The van der Waals surface area contributed by atoms with Crippen LogP contribution < -0.4 is 5.32 Å². The second-order valence-corrected chi connectivity index (χ2v) is 5.77.